The molecule has 21 heavy (non-hydrogen) atoms. The second-order valence-corrected chi connectivity index (χ2v) is 5.82. The summed E-state index contributed by atoms with van der Waals surface area (Å²) in [5.74, 6) is -0.562. The van der Waals surface area contributed by atoms with Crippen LogP contribution in [-0.2, 0) is 6.54 Å². The smallest absolute Gasteiger partial charge is 0.137 e. The Bertz CT molecular complexity index is 602. The van der Waals surface area contributed by atoms with Crippen LogP contribution < -0.4 is 5.73 Å². The Morgan fingerprint density at radius 3 is 2.38 bits per heavy atom. The van der Waals surface area contributed by atoms with E-state index in [1.54, 1.807) is 18.2 Å². The van der Waals surface area contributed by atoms with Crippen molar-refractivity contribution in [3.63, 3.8) is 0 Å². The lowest BCUT2D eigenvalue weighted by atomic mass is 10.0. The Kier molecular flexibility index (Phi) is 5.45. The molecule has 2 N–H and O–H groups in total. The fourth-order valence-corrected chi connectivity index (χ4v) is 2.52. The normalized spacial score (nSPS) is 12.7. The third-order valence-corrected chi connectivity index (χ3v) is 4.07. The molecule has 0 fully saturated rings. The van der Waals surface area contributed by atoms with E-state index < -0.39 is 0 Å². The topological polar surface area (TPSA) is 29.3 Å². The van der Waals surface area contributed by atoms with E-state index in [0.717, 1.165) is 11.1 Å². The predicted octanol–water partition coefficient (Wildman–Crippen LogP) is 3.86. The molecule has 0 aliphatic heterocycles. The summed E-state index contributed by atoms with van der Waals surface area (Å²) in [5, 5.41) is 0. The molecule has 0 bridgehead atoms. The number of benzene rings is 2. The number of nitrogens with zero attached hydrogens (tertiary/aromatic N) is 1. The molecule has 2 aromatic rings. The summed E-state index contributed by atoms with van der Waals surface area (Å²) in [5.41, 5.74) is 7.64. The third kappa shape index (κ3) is 4.09. The molecule has 0 heterocycles. The van der Waals surface area contributed by atoms with Gasteiger partial charge in [-0.25, -0.2) is 8.78 Å². The quantitative estimate of drug-likeness (QED) is 0.883. The molecule has 5 heteroatoms. The zero-order valence-corrected chi connectivity index (χ0v) is 13.3. The fourth-order valence-electron chi connectivity index (χ4n) is 2.28. The highest BCUT2D eigenvalue weighted by Crippen LogP contribution is 2.24. The second kappa shape index (κ2) is 7.11. The van der Waals surface area contributed by atoms with Crippen LogP contribution in [0.3, 0.4) is 0 Å². The maximum absolute atomic E-state index is 13.7. The van der Waals surface area contributed by atoms with E-state index in [9.17, 15) is 8.78 Å². The molecule has 112 valence electrons. The average molecular weight is 355 g/mol. The summed E-state index contributed by atoms with van der Waals surface area (Å²) in [6.45, 7) is 0.985. The summed E-state index contributed by atoms with van der Waals surface area (Å²) in [4.78, 5) is 2.02. The highest BCUT2D eigenvalue weighted by Gasteiger charge is 2.17. The molecule has 0 amide bonds. The SMILES string of the molecule is CN(Cc1ccc(F)cc1)C(CN)c1ccc(Br)c(F)c1. The first-order valence-electron chi connectivity index (χ1n) is 6.61. The molecule has 0 saturated carbocycles. The lowest BCUT2D eigenvalue weighted by Crippen LogP contribution is -2.30. The summed E-state index contributed by atoms with van der Waals surface area (Å²) in [6, 6.07) is 11.3. The fraction of sp³-hybridized carbons (Fsp3) is 0.250. The van der Waals surface area contributed by atoms with Crippen LogP contribution in [0.4, 0.5) is 8.78 Å². The van der Waals surface area contributed by atoms with Gasteiger partial charge in [-0.3, -0.25) is 4.90 Å². The lowest BCUT2D eigenvalue weighted by molar-refractivity contribution is 0.241. The van der Waals surface area contributed by atoms with Crippen LogP contribution in [0, 0.1) is 11.6 Å². The third-order valence-electron chi connectivity index (χ3n) is 3.43. The number of likely N-dealkylation sites (N-methyl/N-ethyl adjacent to an activating group) is 1. The van der Waals surface area contributed by atoms with Crippen LogP contribution in [0.5, 0.6) is 0 Å². The van der Waals surface area contributed by atoms with Gasteiger partial charge >= 0.3 is 0 Å². The monoisotopic (exact) mass is 354 g/mol. The van der Waals surface area contributed by atoms with E-state index in [1.165, 1.54) is 18.2 Å². The summed E-state index contributed by atoms with van der Waals surface area (Å²) in [6.07, 6.45) is 0. The minimum atomic E-state index is -0.305. The van der Waals surface area contributed by atoms with E-state index in [4.69, 9.17) is 5.73 Å². The van der Waals surface area contributed by atoms with Crippen molar-refractivity contribution in [1.29, 1.82) is 0 Å². The molecule has 1 unspecified atom stereocenters. The molecule has 0 radical (unpaired) electrons. The number of nitrogens with two attached hydrogens (primary N) is 1. The van der Waals surface area contributed by atoms with E-state index >= 15 is 0 Å². The van der Waals surface area contributed by atoms with Crippen molar-refractivity contribution in [3.8, 4) is 0 Å². The molecule has 0 spiro atoms. The Balaban J connectivity index is 2.15. The average Bonchev–Trinajstić information content (AvgIpc) is 2.46. The van der Waals surface area contributed by atoms with Crippen LogP contribution in [0.2, 0.25) is 0 Å². The molecule has 0 aliphatic carbocycles. The second-order valence-electron chi connectivity index (χ2n) is 4.97. The Labute approximate surface area is 131 Å². The lowest BCUT2D eigenvalue weighted by Gasteiger charge is -2.27. The predicted molar refractivity (Wildman–Crippen MR) is 83.8 cm³/mol. The first kappa shape index (κ1) is 16.1. The first-order chi connectivity index (χ1) is 10.0. The minimum absolute atomic E-state index is 0.0994. The van der Waals surface area contributed by atoms with Gasteiger partial charge in [0.1, 0.15) is 11.6 Å². The van der Waals surface area contributed by atoms with Gasteiger partial charge in [-0.1, -0.05) is 18.2 Å². The van der Waals surface area contributed by atoms with Crippen LogP contribution in [0.25, 0.3) is 0 Å². The molecule has 0 saturated heterocycles. The van der Waals surface area contributed by atoms with Crippen molar-refractivity contribution in [2.45, 2.75) is 12.6 Å². The van der Waals surface area contributed by atoms with Crippen molar-refractivity contribution in [3.05, 3.63) is 69.7 Å². The van der Waals surface area contributed by atoms with Crippen molar-refractivity contribution < 1.29 is 8.78 Å². The van der Waals surface area contributed by atoms with Crippen molar-refractivity contribution >= 4 is 15.9 Å². The first-order valence-corrected chi connectivity index (χ1v) is 7.40. The molecule has 2 rings (SSSR count). The Morgan fingerprint density at radius 1 is 1.14 bits per heavy atom. The van der Waals surface area contributed by atoms with E-state index in [1.807, 2.05) is 18.0 Å². The molecule has 2 nitrogen and oxygen atoms in total. The number of rotatable bonds is 5. The van der Waals surface area contributed by atoms with Gasteiger partial charge in [0.2, 0.25) is 0 Å². The van der Waals surface area contributed by atoms with Gasteiger partial charge in [-0.05, 0) is 58.4 Å². The van der Waals surface area contributed by atoms with Crippen molar-refractivity contribution in [2.24, 2.45) is 5.73 Å². The van der Waals surface area contributed by atoms with Gasteiger partial charge < -0.3 is 5.73 Å². The van der Waals surface area contributed by atoms with Crippen LogP contribution in [0.15, 0.2) is 46.9 Å². The van der Waals surface area contributed by atoms with Gasteiger partial charge in [0.05, 0.1) is 4.47 Å². The van der Waals surface area contributed by atoms with Gasteiger partial charge in [-0.15, -0.1) is 0 Å². The molecule has 1 atom stereocenters. The van der Waals surface area contributed by atoms with E-state index in [0.29, 0.717) is 17.6 Å². The van der Waals surface area contributed by atoms with Crippen LogP contribution in [0.1, 0.15) is 17.2 Å². The standard InChI is InChI=1S/C16H17BrF2N2/c1-21(10-11-2-5-13(18)6-3-11)16(9-20)12-4-7-14(17)15(19)8-12/h2-8,16H,9-10,20H2,1H3. The highest BCUT2D eigenvalue weighted by molar-refractivity contribution is 9.10. The molecule has 0 aliphatic rings. The summed E-state index contributed by atoms with van der Waals surface area (Å²) < 4.78 is 27.0. The molecular formula is C16H17BrF2N2. The largest absolute Gasteiger partial charge is 0.329 e. The van der Waals surface area contributed by atoms with E-state index in [-0.39, 0.29) is 17.7 Å². The molecular weight excluding hydrogens is 338 g/mol. The number of halogens is 3. The van der Waals surface area contributed by atoms with Gasteiger partial charge in [0.15, 0.2) is 0 Å². The van der Waals surface area contributed by atoms with E-state index in [2.05, 4.69) is 15.9 Å². The number of hydrogen-bond acceptors (Lipinski definition) is 2. The van der Waals surface area contributed by atoms with Crippen LogP contribution >= 0.6 is 15.9 Å². The Morgan fingerprint density at radius 2 is 1.81 bits per heavy atom. The zero-order chi connectivity index (χ0) is 15.4. The highest BCUT2D eigenvalue weighted by atomic mass is 79.9. The molecule has 0 aromatic heterocycles. The van der Waals surface area contributed by atoms with Crippen LogP contribution in [-0.4, -0.2) is 18.5 Å². The van der Waals surface area contributed by atoms with Gasteiger partial charge in [0.25, 0.3) is 0 Å². The zero-order valence-electron chi connectivity index (χ0n) is 11.7. The van der Waals surface area contributed by atoms with Crippen molar-refractivity contribution in [1.82, 2.24) is 4.90 Å². The van der Waals surface area contributed by atoms with Crippen molar-refractivity contribution in [2.75, 3.05) is 13.6 Å². The maximum Gasteiger partial charge on any atom is 0.137 e. The maximum atomic E-state index is 13.7. The summed E-state index contributed by atoms with van der Waals surface area (Å²) >= 11 is 3.14. The Hall–Kier alpha value is -1.30. The minimum Gasteiger partial charge on any atom is -0.329 e. The number of hydrogen-bond donors (Lipinski definition) is 1. The van der Waals surface area contributed by atoms with Gasteiger partial charge in [0, 0.05) is 19.1 Å². The summed E-state index contributed by atoms with van der Waals surface area (Å²) in [7, 11) is 1.92. The molecule has 2 aromatic carbocycles. The van der Waals surface area contributed by atoms with Gasteiger partial charge in [-0.2, -0.15) is 0 Å².